The summed E-state index contributed by atoms with van der Waals surface area (Å²) >= 11 is 0. The number of hydrogen-bond donors (Lipinski definition) is 0. The van der Waals surface area contributed by atoms with Crippen LogP contribution in [0.25, 0.3) is 0 Å². The summed E-state index contributed by atoms with van der Waals surface area (Å²) in [6, 6.07) is 0. The van der Waals surface area contributed by atoms with Crippen molar-refractivity contribution < 1.29 is 9.63 Å². The summed E-state index contributed by atoms with van der Waals surface area (Å²) in [5, 5.41) is 1.39. The molecule has 17 heavy (non-hydrogen) atoms. The molecule has 0 radical (unpaired) electrons. The Kier molecular flexibility index (Phi) is 5.66. The van der Waals surface area contributed by atoms with Crippen LogP contribution in [0.1, 0.15) is 20.8 Å². The van der Waals surface area contributed by atoms with Crippen LogP contribution in [-0.2, 0) is 9.63 Å². The third-order valence-electron chi connectivity index (χ3n) is 3.15. The molecular weight excluding hydrogens is 230 g/mol. The van der Waals surface area contributed by atoms with Gasteiger partial charge in [0.05, 0.1) is 7.11 Å². The lowest BCUT2D eigenvalue weighted by Crippen LogP contribution is -2.35. The zero-order chi connectivity index (χ0) is 13.7. The monoisotopic (exact) mass is 253 g/mol. The van der Waals surface area contributed by atoms with E-state index in [9.17, 15) is 4.79 Å². The van der Waals surface area contributed by atoms with Crippen molar-refractivity contribution in [1.82, 2.24) is 5.06 Å². The zero-order valence-corrected chi connectivity index (χ0v) is 12.9. The number of nitrogens with zero attached hydrogens (tertiary/aromatic N) is 1. The van der Waals surface area contributed by atoms with Crippen LogP contribution in [0.15, 0.2) is 12.2 Å². The maximum atomic E-state index is 11.4. The highest BCUT2D eigenvalue weighted by atomic mass is 28.3. The Balaban J connectivity index is 4.60. The van der Waals surface area contributed by atoms with Crippen molar-refractivity contribution in [3.8, 4) is 11.5 Å². The molecule has 0 heterocycles. The van der Waals surface area contributed by atoms with Gasteiger partial charge in [0, 0.05) is 13.1 Å². The fourth-order valence-electron chi connectivity index (χ4n) is 0.717. The summed E-state index contributed by atoms with van der Waals surface area (Å²) in [4.78, 5) is 16.1. The molecule has 0 N–H and O–H groups in total. The van der Waals surface area contributed by atoms with Crippen molar-refractivity contribution in [2.75, 3.05) is 14.2 Å². The highest BCUT2D eigenvalue weighted by Gasteiger charge is 2.33. The summed E-state index contributed by atoms with van der Waals surface area (Å²) in [6.07, 6.45) is 3.02. The largest absolute Gasteiger partial charge is 0.274 e. The molecule has 0 unspecified atom stereocenters. The predicted molar refractivity (Wildman–Crippen MR) is 73.9 cm³/mol. The minimum atomic E-state index is -1.58. The molecule has 1 amide bonds. The van der Waals surface area contributed by atoms with Gasteiger partial charge in [0.2, 0.25) is 0 Å². The third kappa shape index (κ3) is 5.20. The second kappa shape index (κ2) is 6.04. The second-order valence-electron chi connectivity index (χ2n) is 5.50. The summed E-state index contributed by atoms with van der Waals surface area (Å²) in [6.45, 7) is 11.1. The third-order valence-corrected chi connectivity index (χ3v) is 7.67. The molecule has 0 aromatic heterocycles. The molecule has 0 saturated heterocycles. The van der Waals surface area contributed by atoms with Crippen molar-refractivity contribution in [3.05, 3.63) is 12.2 Å². The molecule has 0 bridgehead atoms. The van der Waals surface area contributed by atoms with Crippen LogP contribution in [-0.4, -0.2) is 33.2 Å². The van der Waals surface area contributed by atoms with Gasteiger partial charge < -0.3 is 0 Å². The Hall–Kier alpha value is -1.05. The van der Waals surface area contributed by atoms with Crippen molar-refractivity contribution in [3.63, 3.8) is 0 Å². The first-order chi connectivity index (χ1) is 7.62. The standard InChI is InChI=1S/C13H23NO2Si/c1-13(2,3)17(6,7)11-9-8-10-12(15)14(4)16-5/h8,10H,1-7H3/b10-8+. The topological polar surface area (TPSA) is 29.5 Å². The molecule has 0 aromatic carbocycles. The van der Waals surface area contributed by atoms with Gasteiger partial charge in [0.25, 0.3) is 5.91 Å². The lowest BCUT2D eigenvalue weighted by atomic mass is 10.2. The molecule has 0 aliphatic carbocycles. The first kappa shape index (κ1) is 15.9. The molecule has 0 aliphatic heterocycles. The van der Waals surface area contributed by atoms with Crippen molar-refractivity contribution in [1.29, 1.82) is 0 Å². The van der Waals surface area contributed by atoms with Crippen molar-refractivity contribution in [2.24, 2.45) is 0 Å². The average Bonchev–Trinajstić information content (AvgIpc) is 2.21. The highest BCUT2D eigenvalue weighted by molar-refractivity contribution is 6.87. The maximum Gasteiger partial charge on any atom is 0.270 e. The zero-order valence-electron chi connectivity index (χ0n) is 11.9. The highest BCUT2D eigenvalue weighted by Crippen LogP contribution is 2.34. The van der Waals surface area contributed by atoms with Crippen LogP contribution in [0.4, 0.5) is 0 Å². The number of carbonyl (C=O) groups excluding carboxylic acids is 1. The minimum absolute atomic E-state index is 0.211. The number of amides is 1. The molecule has 0 spiro atoms. The SMILES string of the molecule is CON(C)C(=O)/C=C/C#C[Si](C)(C)C(C)(C)C. The van der Waals surface area contributed by atoms with E-state index in [0.717, 1.165) is 5.06 Å². The van der Waals surface area contributed by atoms with Gasteiger partial charge in [0.1, 0.15) is 8.07 Å². The molecule has 0 fully saturated rings. The van der Waals surface area contributed by atoms with E-state index >= 15 is 0 Å². The normalized spacial score (nSPS) is 12.2. The molecule has 3 nitrogen and oxygen atoms in total. The molecule has 0 atom stereocenters. The fraction of sp³-hybridized carbons (Fsp3) is 0.615. The van der Waals surface area contributed by atoms with Crippen LogP contribution in [0.3, 0.4) is 0 Å². The Morgan fingerprint density at radius 1 is 1.35 bits per heavy atom. The summed E-state index contributed by atoms with van der Waals surface area (Å²) in [5.74, 6) is 2.76. The Labute approximate surface area is 106 Å². The van der Waals surface area contributed by atoms with E-state index in [2.05, 4.69) is 45.3 Å². The molecule has 0 aliphatic rings. The first-order valence-corrected chi connectivity index (χ1v) is 8.63. The Morgan fingerprint density at radius 2 is 1.88 bits per heavy atom. The van der Waals surface area contributed by atoms with Crippen molar-refractivity contribution in [2.45, 2.75) is 38.9 Å². The number of hydroxylamine groups is 2. The molecular formula is C13H23NO2Si. The van der Waals surface area contributed by atoms with Crippen LogP contribution in [0.5, 0.6) is 0 Å². The van der Waals surface area contributed by atoms with Gasteiger partial charge in [-0.3, -0.25) is 9.63 Å². The van der Waals surface area contributed by atoms with E-state index in [-0.39, 0.29) is 10.9 Å². The second-order valence-corrected chi connectivity index (χ2v) is 10.5. The minimum Gasteiger partial charge on any atom is -0.274 e. The van der Waals surface area contributed by atoms with E-state index in [1.54, 1.807) is 13.1 Å². The number of rotatable bonds is 2. The molecule has 96 valence electrons. The lowest BCUT2D eigenvalue weighted by molar-refractivity contribution is -0.162. The Bertz CT molecular complexity index is 356. The molecule has 4 heteroatoms. The van der Waals surface area contributed by atoms with E-state index in [0.29, 0.717) is 0 Å². The number of carbonyl (C=O) groups is 1. The number of allylic oxidation sites excluding steroid dienone is 1. The van der Waals surface area contributed by atoms with Crippen LogP contribution < -0.4 is 0 Å². The maximum absolute atomic E-state index is 11.4. The van der Waals surface area contributed by atoms with Gasteiger partial charge in [-0.05, 0) is 11.1 Å². The van der Waals surface area contributed by atoms with E-state index in [1.165, 1.54) is 13.2 Å². The van der Waals surface area contributed by atoms with Crippen molar-refractivity contribution >= 4 is 14.0 Å². The Morgan fingerprint density at radius 3 is 2.29 bits per heavy atom. The van der Waals surface area contributed by atoms with E-state index in [4.69, 9.17) is 4.84 Å². The van der Waals surface area contributed by atoms with Gasteiger partial charge in [-0.25, -0.2) is 5.06 Å². The predicted octanol–water partition coefficient (Wildman–Crippen LogP) is 2.61. The molecule has 0 aromatic rings. The fourth-order valence-corrected chi connectivity index (χ4v) is 1.54. The van der Waals surface area contributed by atoms with Gasteiger partial charge in [-0.15, -0.1) is 5.54 Å². The van der Waals surface area contributed by atoms with E-state index in [1.807, 2.05) is 0 Å². The molecule has 0 rings (SSSR count). The summed E-state index contributed by atoms with van der Waals surface area (Å²) < 4.78 is 0. The van der Waals surface area contributed by atoms with Crippen LogP contribution in [0.2, 0.25) is 18.1 Å². The smallest absolute Gasteiger partial charge is 0.270 e. The average molecular weight is 253 g/mol. The van der Waals surface area contributed by atoms with Crippen LogP contribution >= 0.6 is 0 Å². The van der Waals surface area contributed by atoms with Gasteiger partial charge in [0.15, 0.2) is 0 Å². The van der Waals surface area contributed by atoms with Gasteiger partial charge in [-0.2, -0.15) is 0 Å². The molecule has 0 saturated carbocycles. The summed E-state index contributed by atoms with van der Waals surface area (Å²) in [7, 11) is 1.43. The van der Waals surface area contributed by atoms with Gasteiger partial charge >= 0.3 is 0 Å². The van der Waals surface area contributed by atoms with E-state index < -0.39 is 8.07 Å². The number of hydrogen-bond acceptors (Lipinski definition) is 2. The first-order valence-electron chi connectivity index (χ1n) is 5.63. The number of likely N-dealkylation sites (N-methyl/N-ethyl adjacent to an activating group) is 1. The van der Waals surface area contributed by atoms with Crippen LogP contribution in [0, 0.1) is 11.5 Å². The quantitative estimate of drug-likeness (QED) is 0.328. The van der Waals surface area contributed by atoms with Gasteiger partial charge in [-0.1, -0.05) is 39.8 Å². The lowest BCUT2D eigenvalue weighted by Gasteiger charge is -2.31. The summed E-state index contributed by atoms with van der Waals surface area (Å²) in [5.41, 5.74) is 3.30.